The van der Waals surface area contributed by atoms with E-state index >= 15 is 0 Å². The van der Waals surface area contributed by atoms with Crippen molar-refractivity contribution in [2.75, 3.05) is 26.0 Å². The van der Waals surface area contributed by atoms with Crippen molar-refractivity contribution >= 4 is 22.4 Å². The number of aromatic nitrogens is 1. The van der Waals surface area contributed by atoms with Crippen LogP contribution < -0.4 is 10.9 Å². The van der Waals surface area contributed by atoms with Crippen LogP contribution in [-0.4, -0.2) is 36.0 Å². The van der Waals surface area contributed by atoms with Crippen molar-refractivity contribution in [3.8, 4) is 0 Å². The number of rotatable bonds is 6. The second-order valence-electron chi connectivity index (χ2n) is 12.2. The van der Waals surface area contributed by atoms with Gasteiger partial charge in [-0.3, -0.25) is 9.59 Å². The van der Waals surface area contributed by atoms with Crippen molar-refractivity contribution in [3.05, 3.63) is 40.8 Å². The van der Waals surface area contributed by atoms with Crippen LogP contribution in [0.4, 0.5) is 5.69 Å². The van der Waals surface area contributed by atoms with Crippen LogP contribution in [0.15, 0.2) is 35.3 Å². The van der Waals surface area contributed by atoms with Gasteiger partial charge in [0.15, 0.2) is 0 Å². The van der Waals surface area contributed by atoms with Gasteiger partial charge in [0.25, 0.3) is 5.56 Å². The molecule has 2 aromatic rings. The third-order valence-electron chi connectivity index (χ3n) is 8.36. The molecular formula is C27H37N3O2. The molecule has 32 heavy (non-hydrogen) atoms. The summed E-state index contributed by atoms with van der Waals surface area (Å²) in [5, 5.41) is 4.68. The third-order valence-corrected chi connectivity index (χ3v) is 8.36. The summed E-state index contributed by atoms with van der Waals surface area (Å²) in [4.78, 5) is 28.3. The lowest BCUT2D eigenvalue weighted by atomic mass is 9.40. The smallest absolute Gasteiger partial charge is 0.258 e. The fourth-order valence-electron chi connectivity index (χ4n) is 8.33. The van der Waals surface area contributed by atoms with Crippen LogP contribution in [0.5, 0.6) is 0 Å². The molecule has 5 heteroatoms. The van der Waals surface area contributed by atoms with Gasteiger partial charge in [-0.1, -0.05) is 19.9 Å². The molecule has 1 amide bonds. The number of likely N-dealkylation sites (N-methyl/N-ethyl adjacent to an activating group) is 1. The zero-order chi connectivity index (χ0) is 22.7. The average Bonchev–Trinajstić information content (AvgIpc) is 2.64. The van der Waals surface area contributed by atoms with Gasteiger partial charge in [0.2, 0.25) is 5.91 Å². The molecule has 1 heterocycles. The van der Waals surface area contributed by atoms with Gasteiger partial charge >= 0.3 is 0 Å². The van der Waals surface area contributed by atoms with E-state index in [-0.39, 0.29) is 16.9 Å². The first-order chi connectivity index (χ1) is 15.1. The molecular weight excluding hydrogens is 398 g/mol. The molecule has 5 nitrogen and oxygen atoms in total. The number of hydrogen-bond donors (Lipinski definition) is 1. The number of pyridine rings is 1. The van der Waals surface area contributed by atoms with Gasteiger partial charge in [-0.25, -0.2) is 0 Å². The lowest BCUT2D eigenvalue weighted by Gasteiger charge is -2.65. The van der Waals surface area contributed by atoms with Crippen molar-refractivity contribution in [2.24, 2.45) is 22.2 Å². The number of hydrogen-bond acceptors (Lipinski definition) is 3. The summed E-state index contributed by atoms with van der Waals surface area (Å²) in [6, 6.07) is 7.63. The second kappa shape index (κ2) is 7.44. The fraction of sp³-hybridized carbons (Fsp3) is 0.630. The first-order valence-electron chi connectivity index (χ1n) is 12.1. The molecule has 1 aromatic heterocycles. The average molecular weight is 436 g/mol. The van der Waals surface area contributed by atoms with Gasteiger partial charge in [0.1, 0.15) is 0 Å². The maximum atomic E-state index is 13.3. The molecule has 1 N–H and O–H groups in total. The van der Waals surface area contributed by atoms with E-state index in [0.29, 0.717) is 29.2 Å². The van der Waals surface area contributed by atoms with Crippen molar-refractivity contribution in [1.29, 1.82) is 0 Å². The molecule has 172 valence electrons. The molecule has 0 saturated heterocycles. The molecule has 0 radical (unpaired) electrons. The zero-order valence-electron chi connectivity index (χ0n) is 20.0. The van der Waals surface area contributed by atoms with Gasteiger partial charge in [-0.2, -0.15) is 0 Å². The Labute approximate surface area is 191 Å². The van der Waals surface area contributed by atoms with Crippen molar-refractivity contribution in [2.45, 2.75) is 65.3 Å². The maximum absolute atomic E-state index is 13.3. The number of nitrogens with zero attached hydrogens (tertiary/aromatic N) is 2. The summed E-state index contributed by atoms with van der Waals surface area (Å²) < 4.78 is 1.75. The summed E-state index contributed by atoms with van der Waals surface area (Å²) in [5.74, 6) is 0.885. The second-order valence-corrected chi connectivity index (χ2v) is 12.2. The summed E-state index contributed by atoms with van der Waals surface area (Å²) in [5.41, 5.74) is 1.72. The Balaban J connectivity index is 1.36. The molecule has 2 unspecified atom stereocenters. The Morgan fingerprint density at radius 3 is 2.44 bits per heavy atom. The van der Waals surface area contributed by atoms with E-state index in [1.807, 2.05) is 44.6 Å². The molecule has 4 saturated carbocycles. The highest BCUT2D eigenvalue weighted by Crippen LogP contribution is 2.70. The summed E-state index contributed by atoms with van der Waals surface area (Å²) in [7, 11) is 4.01. The minimum Gasteiger partial charge on any atom is -0.325 e. The highest BCUT2D eigenvalue weighted by atomic mass is 16.1. The molecule has 4 fully saturated rings. The van der Waals surface area contributed by atoms with Crippen LogP contribution in [0, 0.1) is 22.2 Å². The number of anilines is 1. The molecule has 4 aliphatic rings. The van der Waals surface area contributed by atoms with Crippen LogP contribution in [0.1, 0.15) is 58.8 Å². The van der Waals surface area contributed by atoms with Crippen LogP contribution in [0.2, 0.25) is 0 Å². The lowest BCUT2D eigenvalue weighted by molar-refractivity contribution is -0.153. The summed E-state index contributed by atoms with van der Waals surface area (Å²) in [6.07, 6.45) is 10.0. The summed E-state index contributed by atoms with van der Waals surface area (Å²) in [6.45, 7) is 6.37. The Morgan fingerprint density at radius 2 is 1.78 bits per heavy atom. The first kappa shape index (κ1) is 21.7. The molecule has 4 bridgehead atoms. The van der Waals surface area contributed by atoms with Crippen LogP contribution in [0.3, 0.4) is 0 Å². The molecule has 4 aliphatic carbocycles. The van der Waals surface area contributed by atoms with E-state index in [4.69, 9.17) is 0 Å². The Morgan fingerprint density at radius 1 is 1.06 bits per heavy atom. The quantitative estimate of drug-likeness (QED) is 0.703. The van der Waals surface area contributed by atoms with E-state index in [2.05, 4.69) is 24.1 Å². The van der Waals surface area contributed by atoms with Crippen LogP contribution >= 0.6 is 0 Å². The predicted molar refractivity (Wildman–Crippen MR) is 130 cm³/mol. The third kappa shape index (κ3) is 3.89. The van der Waals surface area contributed by atoms with Gasteiger partial charge in [0, 0.05) is 42.2 Å². The van der Waals surface area contributed by atoms with E-state index in [0.717, 1.165) is 23.5 Å². The van der Waals surface area contributed by atoms with Gasteiger partial charge in [-0.05, 0) is 93.0 Å². The Kier molecular flexibility index (Phi) is 5.05. The molecule has 2 atom stereocenters. The first-order valence-corrected chi connectivity index (χ1v) is 12.1. The largest absolute Gasteiger partial charge is 0.325 e. The molecule has 1 aromatic carbocycles. The highest BCUT2D eigenvalue weighted by Gasteiger charge is 2.60. The Hall–Kier alpha value is -2.14. The number of carbonyl (C=O) groups excluding carboxylic acids is 1. The van der Waals surface area contributed by atoms with Gasteiger partial charge < -0.3 is 14.8 Å². The molecule has 0 spiro atoms. The van der Waals surface area contributed by atoms with E-state index in [1.165, 1.54) is 38.5 Å². The SMILES string of the molecule is CN(C)CCn1ccc2c(NC(=O)CC34CC5CC(C)(CC(C)(C5)C3)C4)cccc2c1=O. The minimum absolute atomic E-state index is 0.00221. The number of benzene rings is 1. The van der Waals surface area contributed by atoms with Crippen molar-refractivity contribution in [3.63, 3.8) is 0 Å². The van der Waals surface area contributed by atoms with Crippen molar-refractivity contribution in [1.82, 2.24) is 9.47 Å². The molecule has 6 rings (SSSR count). The van der Waals surface area contributed by atoms with Crippen LogP contribution in [0.25, 0.3) is 10.8 Å². The normalized spacial score (nSPS) is 33.2. The van der Waals surface area contributed by atoms with E-state index < -0.39 is 0 Å². The fourth-order valence-corrected chi connectivity index (χ4v) is 8.33. The van der Waals surface area contributed by atoms with Crippen LogP contribution in [-0.2, 0) is 11.3 Å². The van der Waals surface area contributed by atoms with Gasteiger partial charge in [0.05, 0.1) is 0 Å². The topological polar surface area (TPSA) is 54.3 Å². The Bertz CT molecular complexity index is 1100. The maximum Gasteiger partial charge on any atom is 0.258 e. The zero-order valence-corrected chi connectivity index (χ0v) is 20.0. The van der Waals surface area contributed by atoms with Crippen molar-refractivity contribution < 1.29 is 4.79 Å². The highest BCUT2D eigenvalue weighted by molar-refractivity contribution is 6.02. The number of carbonyl (C=O) groups is 1. The summed E-state index contributed by atoms with van der Waals surface area (Å²) >= 11 is 0. The molecule has 0 aliphatic heterocycles. The predicted octanol–water partition coefficient (Wildman–Crippen LogP) is 4.89. The van der Waals surface area contributed by atoms with E-state index in [1.54, 1.807) is 4.57 Å². The van der Waals surface area contributed by atoms with Gasteiger partial charge in [-0.15, -0.1) is 0 Å². The minimum atomic E-state index is 0.00221. The number of amides is 1. The lowest BCUT2D eigenvalue weighted by Crippen LogP contribution is -2.55. The monoisotopic (exact) mass is 435 g/mol. The van der Waals surface area contributed by atoms with E-state index in [9.17, 15) is 9.59 Å². The standard InChI is InChI=1S/C27H37N3O2/c1-25-12-19-13-26(2,16-25)18-27(14-19,17-25)15-23(31)28-22-7-5-6-21-20(22)8-9-30(24(21)32)11-10-29(3)4/h5-9,19H,10-18H2,1-4H3,(H,28,31). The number of nitrogens with one attached hydrogen (secondary N) is 1. The number of fused-ring (bicyclic) bond motifs is 1.